The molecule has 3 rings (SSSR count). The van der Waals surface area contributed by atoms with E-state index in [-0.39, 0.29) is 0 Å². The Morgan fingerprint density at radius 1 is 1.31 bits per heavy atom. The number of nitrogens with zero attached hydrogens (tertiary/aromatic N) is 3. The van der Waals surface area contributed by atoms with Crippen LogP contribution in [-0.4, -0.2) is 21.3 Å². The molecule has 0 saturated carbocycles. The van der Waals surface area contributed by atoms with E-state index in [9.17, 15) is 0 Å². The van der Waals surface area contributed by atoms with Crippen LogP contribution in [0, 0.1) is 0 Å². The van der Waals surface area contributed by atoms with Crippen molar-refractivity contribution in [3.8, 4) is 11.1 Å². The maximum Gasteiger partial charge on any atom is 0.129 e. The van der Waals surface area contributed by atoms with Crippen molar-refractivity contribution in [1.82, 2.24) is 20.1 Å². The molecule has 2 aromatic heterocycles. The van der Waals surface area contributed by atoms with E-state index in [1.54, 1.807) is 12.3 Å². The molecule has 2 aromatic rings. The first kappa shape index (κ1) is 9.81. The van der Waals surface area contributed by atoms with Gasteiger partial charge in [-0.3, -0.25) is 4.68 Å². The molecule has 16 heavy (non-hydrogen) atoms. The zero-order valence-electron chi connectivity index (χ0n) is 8.65. The minimum Gasteiger partial charge on any atom is -0.309 e. The maximum absolute atomic E-state index is 5.77. The molecule has 1 N–H and O–H groups in total. The average Bonchev–Trinajstić information content (AvgIpc) is 2.74. The Morgan fingerprint density at radius 2 is 2.25 bits per heavy atom. The van der Waals surface area contributed by atoms with Gasteiger partial charge in [0.25, 0.3) is 0 Å². The second-order valence-corrected chi connectivity index (χ2v) is 4.16. The number of hydrogen-bond acceptors (Lipinski definition) is 3. The molecule has 5 heteroatoms. The van der Waals surface area contributed by atoms with Gasteiger partial charge in [0.15, 0.2) is 0 Å². The molecule has 0 saturated heterocycles. The van der Waals surface area contributed by atoms with Crippen LogP contribution in [0.15, 0.2) is 24.5 Å². The summed E-state index contributed by atoms with van der Waals surface area (Å²) >= 11 is 5.77. The van der Waals surface area contributed by atoms with Crippen LogP contribution in [0.2, 0.25) is 5.15 Å². The van der Waals surface area contributed by atoms with Crippen LogP contribution in [0.3, 0.4) is 0 Å². The predicted octanol–water partition coefficient (Wildman–Crippen LogP) is 1.70. The Hall–Kier alpha value is -1.39. The summed E-state index contributed by atoms with van der Waals surface area (Å²) in [5.74, 6) is 0. The third-order valence-electron chi connectivity index (χ3n) is 2.78. The van der Waals surface area contributed by atoms with Gasteiger partial charge in [0.1, 0.15) is 5.15 Å². The minimum absolute atomic E-state index is 0.517. The van der Waals surface area contributed by atoms with Gasteiger partial charge in [-0.1, -0.05) is 11.6 Å². The predicted molar refractivity (Wildman–Crippen MR) is 62.2 cm³/mol. The summed E-state index contributed by atoms with van der Waals surface area (Å²) < 4.78 is 2.04. The van der Waals surface area contributed by atoms with Crippen LogP contribution in [0.4, 0.5) is 0 Å². The van der Waals surface area contributed by atoms with E-state index >= 15 is 0 Å². The largest absolute Gasteiger partial charge is 0.309 e. The molecule has 4 nitrogen and oxygen atoms in total. The Bertz CT molecular complexity index is 503. The second-order valence-electron chi connectivity index (χ2n) is 3.77. The molecule has 0 unspecified atom stereocenters. The number of aromatic nitrogens is 3. The Labute approximate surface area is 98.3 Å². The van der Waals surface area contributed by atoms with Crippen molar-refractivity contribution in [3.05, 3.63) is 35.4 Å². The SMILES string of the molecule is Clc1ccc(-c2cnn3c2CNCC3)cn1. The third-order valence-corrected chi connectivity index (χ3v) is 3.00. The molecule has 0 aliphatic carbocycles. The summed E-state index contributed by atoms with van der Waals surface area (Å²) in [7, 11) is 0. The first-order chi connectivity index (χ1) is 7.84. The number of nitrogens with one attached hydrogen (secondary N) is 1. The highest BCUT2D eigenvalue weighted by Crippen LogP contribution is 2.24. The van der Waals surface area contributed by atoms with Crippen LogP contribution in [0.5, 0.6) is 0 Å². The highest BCUT2D eigenvalue weighted by atomic mass is 35.5. The molecule has 82 valence electrons. The molecular weight excluding hydrogens is 224 g/mol. The molecule has 0 radical (unpaired) electrons. The van der Waals surface area contributed by atoms with Gasteiger partial charge in [0, 0.05) is 30.4 Å². The lowest BCUT2D eigenvalue weighted by atomic mass is 10.1. The fourth-order valence-electron chi connectivity index (χ4n) is 1.96. The van der Waals surface area contributed by atoms with E-state index in [4.69, 9.17) is 11.6 Å². The zero-order chi connectivity index (χ0) is 11.0. The average molecular weight is 235 g/mol. The smallest absolute Gasteiger partial charge is 0.129 e. The van der Waals surface area contributed by atoms with Gasteiger partial charge in [0.2, 0.25) is 0 Å². The first-order valence-corrected chi connectivity index (χ1v) is 5.60. The lowest BCUT2D eigenvalue weighted by molar-refractivity contribution is 0.476. The van der Waals surface area contributed by atoms with Gasteiger partial charge in [-0.2, -0.15) is 5.10 Å². The number of fused-ring (bicyclic) bond motifs is 1. The zero-order valence-corrected chi connectivity index (χ0v) is 9.41. The lowest BCUT2D eigenvalue weighted by Gasteiger charge is -2.16. The van der Waals surface area contributed by atoms with Gasteiger partial charge in [-0.25, -0.2) is 4.98 Å². The van der Waals surface area contributed by atoms with Crippen molar-refractivity contribution in [2.24, 2.45) is 0 Å². The lowest BCUT2D eigenvalue weighted by Crippen LogP contribution is -2.28. The summed E-state index contributed by atoms with van der Waals surface area (Å²) in [6.45, 7) is 2.77. The molecule has 3 heterocycles. The Kier molecular flexibility index (Phi) is 2.38. The van der Waals surface area contributed by atoms with E-state index in [0.717, 1.165) is 30.8 Å². The van der Waals surface area contributed by atoms with Crippen LogP contribution in [0.1, 0.15) is 5.69 Å². The van der Waals surface area contributed by atoms with E-state index < -0.39 is 0 Å². The van der Waals surface area contributed by atoms with Gasteiger partial charge in [-0.05, 0) is 12.1 Å². The van der Waals surface area contributed by atoms with E-state index in [1.807, 2.05) is 16.9 Å². The minimum atomic E-state index is 0.517. The van der Waals surface area contributed by atoms with Crippen molar-refractivity contribution in [1.29, 1.82) is 0 Å². The monoisotopic (exact) mass is 234 g/mol. The van der Waals surface area contributed by atoms with Gasteiger partial charge in [-0.15, -0.1) is 0 Å². The highest BCUT2D eigenvalue weighted by molar-refractivity contribution is 6.29. The number of pyridine rings is 1. The summed E-state index contributed by atoms with van der Waals surface area (Å²) in [4.78, 5) is 4.09. The van der Waals surface area contributed by atoms with E-state index in [2.05, 4.69) is 15.4 Å². The van der Waals surface area contributed by atoms with Gasteiger partial charge < -0.3 is 5.32 Å². The molecule has 0 spiro atoms. The third kappa shape index (κ3) is 1.60. The first-order valence-electron chi connectivity index (χ1n) is 5.22. The molecule has 0 fully saturated rings. The van der Waals surface area contributed by atoms with Crippen molar-refractivity contribution >= 4 is 11.6 Å². The topological polar surface area (TPSA) is 42.7 Å². The van der Waals surface area contributed by atoms with Crippen LogP contribution in [-0.2, 0) is 13.1 Å². The van der Waals surface area contributed by atoms with E-state index in [1.165, 1.54) is 5.69 Å². The quantitative estimate of drug-likeness (QED) is 0.764. The molecule has 0 amide bonds. The van der Waals surface area contributed by atoms with Crippen molar-refractivity contribution in [2.45, 2.75) is 13.1 Å². The number of halogens is 1. The molecule has 0 bridgehead atoms. The van der Waals surface area contributed by atoms with Crippen LogP contribution < -0.4 is 5.32 Å². The Balaban J connectivity index is 2.06. The molecular formula is C11H11ClN4. The van der Waals surface area contributed by atoms with Crippen molar-refractivity contribution in [3.63, 3.8) is 0 Å². The molecule has 1 aliphatic rings. The second kappa shape index (κ2) is 3.88. The van der Waals surface area contributed by atoms with Crippen molar-refractivity contribution < 1.29 is 0 Å². The fourth-order valence-corrected chi connectivity index (χ4v) is 2.07. The fraction of sp³-hybridized carbons (Fsp3) is 0.273. The van der Waals surface area contributed by atoms with Crippen LogP contribution in [0.25, 0.3) is 11.1 Å². The summed E-state index contributed by atoms with van der Waals surface area (Å²) in [6, 6.07) is 3.78. The summed E-state index contributed by atoms with van der Waals surface area (Å²) in [6.07, 6.45) is 3.68. The maximum atomic E-state index is 5.77. The summed E-state index contributed by atoms with van der Waals surface area (Å²) in [5, 5.41) is 8.23. The normalized spacial score (nSPS) is 14.8. The van der Waals surface area contributed by atoms with E-state index in [0.29, 0.717) is 5.15 Å². The highest BCUT2D eigenvalue weighted by Gasteiger charge is 2.15. The standard InChI is InChI=1S/C11H11ClN4/c12-11-2-1-8(5-14-11)9-6-15-16-4-3-13-7-10(9)16/h1-2,5-6,13H,3-4,7H2. The van der Waals surface area contributed by atoms with Gasteiger partial charge in [0.05, 0.1) is 18.4 Å². The summed E-state index contributed by atoms with van der Waals surface area (Å²) in [5.41, 5.74) is 3.42. The van der Waals surface area contributed by atoms with Crippen LogP contribution >= 0.6 is 11.6 Å². The van der Waals surface area contributed by atoms with Gasteiger partial charge >= 0.3 is 0 Å². The number of hydrogen-bond donors (Lipinski definition) is 1. The van der Waals surface area contributed by atoms with Crippen molar-refractivity contribution in [2.75, 3.05) is 6.54 Å². The number of rotatable bonds is 1. The Morgan fingerprint density at radius 3 is 3.06 bits per heavy atom. The molecule has 1 aliphatic heterocycles. The molecule has 0 atom stereocenters. The molecule has 0 aromatic carbocycles.